The second kappa shape index (κ2) is 9.22. The first-order valence-corrected chi connectivity index (χ1v) is 12.5. The van der Waals surface area contributed by atoms with Gasteiger partial charge in [0.05, 0.1) is 0 Å². The lowest BCUT2D eigenvalue weighted by molar-refractivity contribution is 1.04. The quantitative estimate of drug-likeness (QED) is 0.424. The van der Waals surface area contributed by atoms with Gasteiger partial charge in [-0.3, -0.25) is 0 Å². The fraction of sp³-hybridized carbons (Fsp3) is 0.280. The summed E-state index contributed by atoms with van der Waals surface area (Å²) in [5, 5.41) is 7.22. The molecule has 3 aromatic carbocycles. The van der Waals surface area contributed by atoms with Gasteiger partial charge >= 0.3 is 0 Å². The third-order valence-corrected chi connectivity index (χ3v) is 9.13. The molecule has 1 atom stereocenters. The minimum atomic E-state index is -0.171. The topological polar surface area (TPSA) is 0 Å². The lowest BCUT2D eigenvalue weighted by Crippen LogP contribution is -2.04. The van der Waals surface area contributed by atoms with Gasteiger partial charge in [-0.25, -0.2) is 0 Å². The molecule has 0 heterocycles. The average molecular weight is 356 g/mol. The summed E-state index contributed by atoms with van der Waals surface area (Å²) >= 11 is -0.171. The summed E-state index contributed by atoms with van der Waals surface area (Å²) in [6.45, 7) is 6.97. The Hall–Kier alpha value is -1.81. The third kappa shape index (κ3) is 4.12. The normalized spacial score (nSPS) is 14.7. The minimum Gasteiger partial charge on any atom is -0.0967 e. The van der Waals surface area contributed by atoms with Crippen molar-refractivity contribution < 1.29 is 0 Å². The largest absolute Gasteiger partial charge is 0.261 e. The summed E-state index contributed by atoms with van der Waals surface area (Å²) in [6.07, 6.45) is 4.57. The van der Waals surface area contributed by atoms with Crippen LogP contribution in [-0.4, -0.2) is 14.1 Å². The van der Waals surface area contributed by atoms with E-state index in [1.807, 2.05) is 0 Å². The molecular weight excluding hydrogens is 327 g/mol. The molecule has 132 valence electrons. The Balaban J connectivity index is 0.000000242. The van der Waals surface area contributed by atoms with Crippen LogP contribution in [0.4, 0.5) is 0 Å². The first-order chi connectivity index (χ1) is 12.8. The lowest BCUT2D eigenvalue weighted by Gasteiger charge is -2.21. The van der Waals surface area contributed by atoms with Crippen molar-refractivity contribution in [2.45, 2.75) is 42.5 Å². The van der Waals surface area contributed by atoms with Crippen molar-refractivity contribution >= 4 is 31.0 Å². The Labute approximate surface area is 163 Å². The third-order valence-electron chi connectivity index (χ3n) is 5.66. The molecule has 26 heavy (non-hydrogen) atoms. The molecule has 1 aliphatic carbocycles. The molecular formula is C25H29Al. The van der Waals surface area contributed by atoms with Crippen LogP contribution in [0.15, 0.2) is 72.8 Å². The Morgan fingerprint density at radius 2 is 1.38 bits per heavy atom. The Kier molecular flexibility index (Phi) is 6.73. The van der Waals surface area contributed by atoms with E-state index in [4.69, 9.17) is 0 Å². The highest BCUT2D eigenvalue weighted by molar-refractivity contribution is 6.58. The molecule has 1 unspecified atom stereocenters. The minimum absolute atomic E-state index is 0.171. The van der Waals surface area contributed by atoms with E-state index in [9.17, 15) is 0 Å². The molecule has 3 aromatic rings. The summed E-state index contributed by atoms with van der Waals surface area (Å²) in [5.41, 5.74) is 4.11. The van der Waals surface area contributed by atoms with Crippen LogP contribution in [0, 0.1) is 0 Å². The molecule has 4 rings (SSSR count). The van der Waals surface area contributed by atoms with Gasteiger partial charge in [0.2, 0.25) is 0 Å². The van der Waals surface area contributed by atoms with Crippen LogP contribution in [0.5, 0.6) is 0 Å². The van der Waals surface area contributed by atoms with E-state index in [-0.39, 0.29) is 14.1 Å². The van der Waals surface area contributed by atoms with Crippen molar-refractivity contribution in [3.05, 3.63) is 89.5 Å². The average Bonchev–Trinajstić information content (AvgIpc) is 2.71. The van der Waals surface area contributed by atoms with Crippen LogP contribution >= 0.6 is 0 Å². The first kappa shape index (κ1) is 19.0. The van der Waals surface area contributed by atoms with Crippen LogP contribution < -0.4 is 0 Å². The maximum Gasteiger partial charge on any atom is 0.261 e. The molecule has 0 aliphatic heterocycles. The van der Waals surface area contributed by atoms with Crippen molar-refractivity contribution in [3.63, 3.8) is 0 Å². The highest BCUT2D eigenvalue weighted by Gasteiger charge is 2.18. The zero-order valence-corrected chi connectivity index (χ0v) is 17.4. The number of hydrogen-bond donors (Lipinski definition) is 0. The van der Waals surface area contributed by atoms with Crippen LogP contribution in [-0.2, 0) is 0 Å². The van der Waals surface area contributed by atoms with Gasteiger partial charge in [0.25, 0.3) is 14.1 Å². The van der Waals surface area contributed by atoms with Gasteiger partial charge in [0.15, 0.2) is 0 Å². The van der Waals surface area contributed by atoms with Gasteiger partial charge in [-0.2, -0.15) is 0 Å². The van der Waals surface area contributed by atoms with Crippen LogP contribution in [0.3, 0.4) is 0 Å². The van der Waals surface area contributed by atoms with Crippen LogP contribution in [0.2, 0.25) is 15.8 Å². The number of rotatable bonds is 4. The summed E-state index contributed by atoms with van der Waals surface area (Å²) < 4.78 is 0. The van der Waals surface area contributed by atoms with Crippen molar-refractivity contribution in [2.75, 3.05) is 0 Å². The standard InChI is InChI=1S/C19H14.3C2H5.Al/c1-2-6-14(7-3-1)17-13-12-16-9-4-8-15-10-5-11-18(17)19(15)16;3*1-2;/h1-13,17H;3*1H2,2H3;. The van der Waals surface area contributed by atoms with Crippen molar-refractivity contribution in [3.8, 4) is 0 Å². The predicted molar refractivity (Wildman–Crippen MR) is 118 cm³/mol. The summed E-state index contributed by atoms with van der Waals surface area (Å²) in [4.78, 5) is 0. The Morgan fingerprint density at radius 1 is 0.731 bits per heavy atom. The van der Waals surface area contributed by atoms with E-state index in [1.165, 1.54) is 43.3 Å². The van der Waals surface area contributed by atoms with Gasteiger partial charge in [0, 0.05) is 5.92 Å². The van der Waals surface area contributed by atoms with Crippen molar-refractivity contribution in [1.29, 1.82) is 0 Å². The van der Waals surface area contributed by atoms with E-state index >= 15 is 0 Å². The Bertz CT molecular complexity index is 849. The molecule has 0 aromatic heterocycles. The number of allylic oxidation sites excluding steroid dienone is 1. The lowest BCUT2D eigenvalue weighted by atomic mass is 9.82. The van der Waals surface area contributed by atoms with Crippen molar-refractivity contribution in [1.82, 2.24) is 0 Å². The van der Waals surface area contributed by atoms with E-state index < -0.39 is 0 Å². The molecule has 0 amide bonds. The van der Waals surface area contributed by atoms with Gasteiger partial charge in [-0.15, -0.1) is 0 Å². The zero-order chi connectivity index (χ0) is 18.4. The molecule has 0 radical (unpaired) electrons. The summed E-state index contributed by atoms with van der Waals surface area (Å²) in [7, 11) is 0. The number of benzene rings is 3. The predicted octanol–water partition coefficient (Wildman–Crippen LogP) is 7.54. The van der Waals surface area contributed by atoms with E-state index in [2.05, 4.69) is 99.7 Å². The van der Waals surface area contributed by atoms with E-state index in [0.29, 0.717) is 5.92 Å². The molecule has 0 saturated heterocycles. The molecule has 0 bridgehead atoms. The molecule has 1 aliphatic rings. The molecule has 0 spiro atoms. The highest BCUT2D eigenvalue weighted by atomic mass is 27.2. The van der Waals surface area contributed by atoms with E-state index in [1.54, 1.807) is 0 Å². The SMILES string of the molecule is C1=CC(c2ccccc2)c2cccc3cccc1c23.C[CH2][Al]([CH2]C)[CH2]C. The maximum atomic E-state index is 2.32. The summed E-state index contributed by atoms with van der Waals surface area (Å²) in [6, 6.07) is 23.9. The number of hydrogen-bond acceptors (Lipinski definition) is 0. The molecule has 0 nitrogen and oxygen atoms in total. The zero-order valence-electron chi connectivity index (χ0n) is 16.3. The van der Waals surface area contributed by atoms with E-state index in [0.717, 1.165) is 0 Å². The second-order valence-corrected chi connectivity index (χ2v) is 11.3. The van der Waals surface area contributed by atoms with Gasteiger partial charge in [0.1, 0.15) is 0 Å². The smallest absolute Gasteiger partial charge is 0.0967 e. The summed E-state index contributed by atoms with van der Waals surface area (Å²) in [5.74, 6) is 0.375. The molecule has 1 heteroatoms. The Morgan fingerprint density at radius 3 is 2.00 bits per heavy atom. The fourth-order valence-corrected chi connectivity index (χ4v) is 5.65. The monoisotopic (exact) mass is 356 g/mol. The maximum absolute atomic E-state index is 2.32. The first-order valence-electron chi connectivity index (χ1n) is 10.0. The fourth-order valence-electron chi connectivity index (χ4n) is 3.92. The highest BCUT2D eigenvalue weighted by Crippen LogP contribution is 2.37. The van der Waals surface area contributed by atoms with Gasteiger partial charge in [-0.05, 0) is 27.5 Å². The van der Waals surface area contributed by atoms with Crippen LogP contribution in [0.25, 0.3) is 16.8 Å². The second-order valence-electron chi connectivity index (χ2n) is 7.13. The van der Waals surface area contributed by atoms with Gasteiger partial charge in [-0.1, -0.05) is 116 Å². The molecule has 0 N–H and O–H groups in total. The van der Waals surface area contributed by atoms with Crippen LogP contribution in [0.1, 0.15) is 43.4 Å². The molecule has 0 fully saturated rings. The van der Waals surface area contributed by atoms with Gasteiger partial charge < -0.3 is 0 Å². The van der Waals surface area contributed by atoms with Crippen molar-refractivity contribution in [2.24, 2.45) is 0 Å². The molecule has 0 saturated carbocycles.